The van der Waals surface area contributed by atoms with Gasteiger partial charge >= 0.3 is 5.97 Å². The van der Waals surface area contributed by atoms with E-state index in [1.807, 2.05) is 0 Å². The van der Waals surface area contributed by atoms with Crippen molar-refractivity contribution in [3.63, 3.8) is 0 Å². The standard InChI is InChI=1S/C23H24F2NO3/c24-17-5-1-15(2-6-17)23(28,16-3-7-18(25)8-4-16)22(27)29-21-13-19-9-10-20(14-21)26(19)11-12-26/h1-8,19-21,28H,9-14H2/q+1. The predicted molar refractivity (Wildman–Crippen MR) is 102 cm³/mol. The molecule has 3 saturated heterocycles. The fourth-order valence-corrected chi connectivity index (χ4v) is 5.52. The molecule has 2 atom stereocenters. The van der Waals surface area contributed by atoms with Crippen LogP contribution >= 0.6 is 0 Å². The Morgan fingerprint density at radius 3 is 1.76 bits per heavy atom. The van der Waals surface area contributed by atoms with Crippen LogP contribution < -0.4 is 0 Å². The highest BCUT2D eigenvalue weighted by molar-refractivity contribution is 5.85. The lowest BCUT2D eigenvalue weighted by Gasteiger charge is -2.37. The van der Waals surface area contributed by atoms with Gasteiger partial charge in [0.05, 0.1) is 12.1 Å². The third kappa shape index (κ3) is 2.97. The van der Waals surface area contributed by atoms with Crippen LogP contribution in [0.2, 0.25) is 0 Å². The lowest BCUT2D eigenvalue weighted by molar-refractivity contribution is -0.846. The van der Waals surface area contributed by atoms with E-state index >= 15 is 0 Å². The first-order chi connectivity index (χ1) is 13.9. The number of hydrogen-bond donors (Lipinski definition) is 1. The molecule has 1 spiro atoms. The second kappa shape index (κ2) is 6.61. The largest absolute Gasteiger partial charge is 0.459 e. The summed E-state index contributed by atoms with van der Waals surface area (Å²) in [5.41, 5.74) is -1.73. The molecule has 2 aromatic rings. The topological polar surface area (TPSA) is 46.5 Å². The Kier molecular flexibility index (Phi) is 4.26. The van der Waals surface area contributed by atoms with Gasteiger partial charge in [0.1, 0.15) is 30.8 Å². The minimum atomic E-state index is -2.12. The zero-order valence-corrected chi connectivity index (χ0v) is 16.1. The van der Waals surface area contributed by atoms with E-state index in [9.17, 15) is 18.7 Å². The number of benzene rings is 2. The van der Waals surface area contributed by atoms with E-state index in [2.05, 4.69) is 0 Å². The first-order valence-electron chi connectivity index (χ1n) is 10.2. The van der Waals surface area contributed by atoms with Gasteiger partial charge in [-0.15, -0.1) is 0 Å². The molecule has 3 heterocycles. The summed E-state index contributed by atoms with van der Waals surface area (Å²) in [6.45, 7) is 2.45. The van der Waals surface area contributed by atoms with E-state index < -0.39 is 23.2 Å². The Bertz CT molecular complexity index is 863. The van der Waals surface area contributed by atoms with Crippen molar-refractivity contribution in [1.29, 1.82) is 0 Å². The molecule has 2 bridgehead atoms. The number of ether oxygens (including phenoxy) is 1. The third-order valence-corrected chi connectivity index (χ3v) is 7.19. The molecule has 1 N–H and O–H groups in total. The van der Waals surface area contributed by atoms with Crippen molar-refractivity contribution in [3.8, 4) is 0 Å². The quantitative estimate of drug-likeness (QED) is 0.487. The first kappa shape index (κ1) is 18.7. The summed E-state index contributed by atoms with van der Waals surface area (Å²) >= 11 is 0. The average Bonchev–Trinajstić information content (AvgIpc) is 3.47. The monoisotopic (exact) mass is 400 g/mol. The summed E-state index contributed by atoms with van der Waals surface area (Å²) in [6.07, 6.45) is 3.71. The molecule has 152 valence electrons. The summed E-state index contributed by atoms with van der Waals surface area (Å²) < 4.78 is 33.9. The molecule has 29 heavy (non-hydrogen) atoms. The zero-order valence-electron chi connectivity index (χ0n) is 16.1. The number of halogens is 2. The lowest BCUT2D eigenvalue weighted by Crippen LogP contribution is -2.50. The van der Waals surface area contributed by atoms with Crippen LogP contribution in [0.4, 0.5) is 8.78 Å². The number of aliphatic hydroxyl groups is 1. The molecule has 0 aliphatic carbocycles. The van der Waals surface area contributed by atoms with Gasteiger partial charge in [-0.05, 0) is 35.4 Å². The van der Waals surface area contributed by atoms with Crippen LogP contribution in [-0.2, 0) is 15.1 Å². The van der Waals surface area contributed by atoms with Gasteiger partial charge in [0.2, 0.25) is 5.60 Å². The Labute approximate surface area is 168 Å². The molecule has 5 rings (SSSR count). The van der Waals surface area contributed by atoms with Crippen LogP contribution in [0.1, 0.15) is 36.8 Å². The predicted octanol–water partition coefficient (Wildman–Crippen LogP) is 3.27. The number of carbonyl (C=O) groups is 1. The number of rotatable bonds is 4. The summed E-state index contributed by atoms with van der Waals surface area (Å²) in [4.78, 5) is 13.2. The molecule has 3 aliphatic heterocycles. The Morgan fingerprint density at radius 1 is 0.897 bits per heavy atom. The Balaban J connectivity index is 1.44. The second-order valence-corrected chi connectivity index (χ2v) is 8.66. The highest BCUT2D eigenvalue weighted by atomic mass is 19.1. The van der Waals surface area contributed by atoms with E-state index in [4.69, 9.17) is 4.74 Å². The number of piperidine rings is 1. The van der Waals surface area contributed by atoms with Crippen LogP contribution in [0, 0.1) is 11.6 Å². The molecule has 2 aromatic carbocycles. The van der Waals surface area contributed by atoms with Crippen LogP contribution in [-0.4, -0.2) is 46.8 Å². The maximum absolute atomic E-state index is 13.4. The van der Waals surface area contributed by atoms with E-state index in [-0.39, 0.29) is 17.2 Å². The van der Waals surface area contributed by atoms with E-state index in [1.54, 1.807) is 0 Å². The summed E-state index contributed by atoms with van der Waals surface area (Å²) in [5, 5.41) is 11.5. The molecule has 0 amide bonds. The summed E-state index contributed by atoms with van der Waals surface area (Å²) in [7, 11) is 0. The number of nitrogens with zero attached hydrogens (tertiary/aromatic N) is 1. The minimum Gasteiger partial charge on any atom is -0.459 e. The maximum Gasteiger partial charge on any atom is 0.347 e. The van der Waals surface area contributed by atoms with Gasteiger partial charge < -0.3 is 14.3 Å². The van der Waals surface area contributed by atoms with E-state index in [0.29, 0.717) is 12.1 Å². The van der Waals surface area contributed by atoms with Crippen molar-refractivity contribution in [1.82, 2.24) is 0 Å². The van der Waals surface area contributed by atoms with Gasteiger partial charge in [-0.2, -0.15) is 0 Å². The van der Waals surface area contributed by atoms with Crippen LogP contribution in [0.25, 0.3) is 0 Å². The Morgan fingerprint density at radius 2 is 1.34 bits per heavy atom. The first-order valence-corrected chi connectivity index (χ1v) is 10.2. The molecule has 2 unspecified atom stereocenters. The summed E-state index contributed by atoms with van der Waals surface area (Å²) in [6, 6.07) is 11.3. The minimum absolute atomic E-state index is 0.198. The number of esters is 1. The highest BCUT2D eigenvalue weighted by Crippen LogP contribution is 2.49. The number of hydrogen-bond acceptors (Lipinski definition) is 3. The van der Waals surface area contributed by atoms with Crippen LogP contribution in [0.5, 0.6) is 0 Å². The third-order valence-electron chi connectivity index (χ3n) is 7.19. The van der Waals surface area contributed by atoms with Crippen molar-refractivity contribution in [3.05, 3.63) is 71.3 Å². The maximum atomic E-state index is 13.4. The van der Waals surface area contributed by atoms with Crippen molar-refractivity contribution >= 4 is 5.97 Å². The van der Waals surface area contributed by atoms with Gasteiger partial charge in [0.15, 0.2) is 0 Å². The van der Waals surface area contributed by atoms with Gasteiger partial charge in [-0.3, -0.25) is 0 Å². The molecule has 3 aliphatic rings. The molecule has 0 radical (unpaired) electrons. The van der Waals surface area contributed by atoms with Crippen LogP contribution in [0.15, 0.2) is 48.5 Å². The lowest BCUT2D eigenvalue weighted by atomic mass is 9.86. The molecular weight excluding hydrogens is 376 g/mol. The SMILES string of the molecule is O=C(OC1CC2CCC(C1)[N+]21CC1)C(O)(c1ccc(F)cc1)c1ccc(F)cc1. The number of carbonyl (C=O) groups excluding carboxylic acids is 1. The molecule has 0 aromatic heterocycles. The Hall–Kier alpha value is -2.31. The fourth-order valence-electron chi connectivity index (χ4n) is 5.52. The van der Waals surface area contributed by atoms with Crippen molar-refractivity contribution < 1.29 is 27.9 Å². The molecule has 0 saturated carbocycles. The molecule has 3 fully saturated rings. The molecule has 6 heteroatoms. The molecule has 4 nitrogen and oxygen atoms in total. The smallest absolute Gasteiger partial charge is 0.347 e. The zero-order chi connectivity index (χ0) is 20.2. The highest BCUT2D eigenvalue weighted by Gasteiger charge is 2.62. The molecular formula is C23H24F2NO3+. The van der Waals surface area contributed by atoms with Crippen molar-refractivity contribution in [2.75, 3.05) is 13.1 Å². The fraction of sp³-hybridized carbons (Fsp3) is 0.435. The van der Waals surface area contributed by atoms with Gasteiger partial charge in [0, 0.05) is 25.7 Å². The summed E-state index contributed by atoms with van der Waals surface area (Å²) in [5.74, 6) is -1.74. The second-order valence-electron chi connectivity index (χ2n) is 8.66. The van der Waals surface area contributed by atoms with Crippen LogP contribution in [0.3, 0.4) is 0 Å². The van der Waals surface area contributed by atoms with Gasteiger partial charge in [-0.1, -0.05) is 24.3 Å². The number of quaternary nitrogens is 1. The van der Waals surface area contributed by atoms with Gasteiger partial charge in [-0.25, -0.2) is 13.6 Å². The van der Waals surface area contributed by atoms with Crippen molar-refractivity contribution in [2.24, 2.45) is 0 Å². The normalized spacial score (nSPS) is 27.1. The van der Waals surface area contributed by atoms with E-state index in [1.165, 1.54) is 78.9 Å². The van der Waals surface area contributed by atoms with Crippen molar-refractivity contribution in [2.45, 2.75) is 49.5 Å². The van der Waals surface area contributed by atoms with E-state index in [0.717, 1.165) is 12.8 Å². The average molecular weight is 400 g/mol. The van der Waals surface area contributed by atoms with Gasteiger partial charge in [0.25, 0.3) is 0 Å².